The van der Waals surface area contributed by atoms with Crippen LogP contribution in [0.15, 0.2) is 42.9 Å². The van der Waals surface area contributed by atoms with Crippen LogP contribution in [-0.2, 0) is 11.3 Å². The largest absolute Gasteiger partial charge is 0.349 e. The number of hydrogen-bond acceptors (Lipinski definition) is 3. The minimum atomic E-state index is -0.229. The van der Waals surface area contributed by atoms with E-state index < -0.39 is 0 Å². The van der Waals surface area contributed by atoms with E-state index in [2.05, 4.69) is 4.98 Å². The number of amides is 1. The van der Waals surface area contributed by atoms with Gasteiger partial charge in [0.1, 0.15) is 0 Å². The topological polar surface area (TPSA) is 64.2 Å². The van der Waals surface area contributed by atoms with Gasteiger partial charge in [0.15, 0.2) is 0 Å². The molecule has 0 fully saturated rings. The van der Waals surface area contributed by atoms with Gasteiger partial charge in [0, 0.05) is 27.1 Å². The van der Waals surface area contributed by atoms with Crippen LogP contribution in [0.5, 0.6) is 0 Å². The van der Waals surface area contributed by atoms with Crippen molar-refractivity contribution in [3.63, 3.8) is 0 Å². The minimum Gasteiger partial charge on any atom is -0.349 e. The maximum absolute atomic E-state index is 11.7. The average Bonchev–Trinajstić information content (AvgIpc) is 2.93. The Morgan fingerprint density at radius 2 is 2.05 bits per heavy atom. The molecular formula is C15H20N4O. The molecule has 0 saturated carbocycles. The molecule has 5 heteroatoms. The highest BCUT2D eigenvalue weighted by Gasteiger charge is 2.14. The molecule has 0 aliphatic carbocycles. The van der Waals surface area contributed by atoms with E-state index in [1.54, 1.807) is 31.5 Å². The van der Waals surface area contributed by atoms with Crippen LogP contribution >= 0.6 is 0 Å². The molecule has 1 amide bonds. The number of aromatic nitrogens is 2. The average molecular weight is 272 g/mol. The van der Waals surface area contributed by atoms with Crippen LogP contribution in [0.1, 0.15) is 23.7 Å². The summed E-state index contributed by atoms with van der Waals surface area (Å²) in [5.74, 6) is 0.0953. The molecule has 1 aromatic heterocycles. The standard InChI is InChI=1S/C15H20N4O/c1-18(2)14(20)8-9-19-11-17-10-13(19)15(16)12-6-4-3-5-7-12/h3-7,10-11,15H,8-9,16H2,1-2H3. The third-order valence-electron chi connectivity index (χ3n) is 3.29. The molecule has 0 radical (unpaired) electrons. The number of hydrogen-bond donors (Lipinski definition) is 1. The fourth-order valence-electron chi connectivity index (χ4n) is 2.05. The van der Waals surface area contributed by atoms with E-state index in [1.165, 1.54) is 0 Å². The lowest BCUT2D eigenvalue weighted by Gasteiger charge is -2.16. The van der Waals surface area contributed by atoms with Crippen molar-refractivity contribution < 1.29 is 4.79 Å². The Labute approximate surface area is 119 Å². The summed E-state index contributed by atoms with van der Waals surface area (Å²) in [7, 11) is 3.51. The van der Waals surface area contributed by atoms with Gasteiger partial charge >= 0.3 is 0 Å². The van der Waals surface area contributed by atoms with Crippen molar-refractivity contribution >= 4 is 5.91 Å². The Morgan fingerprint density at radius 1 is 1.35 bits per heavy atom. The van der Waals surface area contributed by atoms with E-state index in [9.17, 15) is 4.79 Å². The molecule has 1 heterocycles. The van der Waals surface area contributed by atoms with E-state index in [-0.39, 0.29) is 11.9 Å². The van der Waals surface area contributed by atoms with E-state index in [4.69, 9.17) is 5.73 Å². The van der Waals surface area contributed by atoms with Gasteiger partial charge in [0.05, 0.1) is 24.3 Å². The Kier molecular flexibility index (Phi) is 4.53. The molecular weight excluding hydrogens is 252 g/mol. The van der Waals surface area contributed by atoms with Gasteiger partial charge in [-0.25, -0.2) is 4.98 Å². The van der Waals surface area contributed by atoms with Crippen LogP contribution in [0.2, 0.25) is 0 Å². The van der Waals surface area contributed by atoms with Crippen molar-refractivity contribution in [2.75, 3.05) is 14.1 Å². The Hall–Kier alpha value is -2.14. The lowest BCUT2D eigenvalue weighted by molar-refractivity contribution is -0.128. The second-order valence-corrected chi connectivity index (χ2v) is 4.94. The zero-order valence-electron chi connectivity index (χ0n) is 11.9. The van der Waals surface area contributed by atoms with Crippen LogP contribution in [0.3, 0.4) is 0 Å². The Morgan fingerprint density at radius 3 is 2.70 bits per heavy atom. The second-order valence-electron chi connectivity index (χ2n) is 4.94. The molecule has 0 saturated heterocycles. The molecule has 106 valence electrons. The van der Waals surface area contributed by atoms with Crippen molar-refractivity contribution in [3.05, 3.63) is 54.1 Å². The van der Waals surface area contributed by atoms with Gasteiger partial charge in [-0.3, -0.25) is 4.79 Å². The molecule has 20 heavy (non-hydrogen) atoms. The zero-order chi connectivity index (χ0) is 14.5. The number of imidazole rings is 1. The van der Waals surface area contributed by atoms with Gasteiger partial charge in [-0.1, -0.05) is 30.3 Å². The van der Waals surface area contributed by atoms with Crippen molar-refractivity contribution in [3.8, 4) is 0 Å². The van der Waals surface area contributed by atoms with Gasteiger partial charge in [0.25, 0.3) is 0 Å². The summed E-state index contributed by atoms with van der Waals surface area (Å²) < 4.78 is 1.94. The third-order valence-corrected chi connectivity index (χ3v) is 3.29. The zero-order valence-corrected chi connectivity index (χ0v) is 11.9. The molecule has 0 bridgehead atoms. The van der Waals surface area contributed by atoms with E-state index in [0.717, 1.165) is 11.3 Å². The molecule has 0 aliphatic rings. The molecule has 5 nitrogen and oxygen atoms in total. The van der Waals surface area contributed by atoms with Gasteiger partial charge in [-0.15, -0.1) is 0 Å². The molecule has 2 N–H and O–H groups in total. The first-order valence-electron chi connectivity index (χ1n) is 6.60. The summed E-state index contributed by atoms with van der Waals surface area (Å²) >= 11 is 0. The Bertz CT molecular complexity index is 562. The number of carbonyl (C=O) groups excluding carboxylic acids is 1. The number of carbonyl (C=O) groups is 1. The summed E-state index contributed by atoms with van der Waals surface area (Å²) in [6, 6.07) is 9.65. The number of nitrogens with zero attached hydrogens (tertiary/aromatic N) is 3. The first-order chi connectivity index (χ1) is 9.59. The Balaban J connectivity index is 2.11. The van der Waals surface area contributed by atoms with Crippen LogP contribution in [-0.4, -0.2) is 34.5 Å². The number of rotatable bonds is 5. The molecule has 1 atom stereocenters. The maximum atomic E-state index is 11.7. The lowest BCUT2D eigenvalue weighted by Crippen LogP contribution is -2.24. The highest BCUT2D eigenvalue weighted by atomic mass is 16.2. The first kappa shape index (κ1) is 14.3. The summed E-state index contributed by atoms with van der Waals surface area (Å²) in [5, 5.41) is 0. The predicted octanol–water partition coefficient (Wildman–Crippen LogP) is 1.41. The van der Waals surface area contributed by atoms with Gasteiger partial charge in [-0.05, 0) is 5.56 Å². The summed E-state index contributed by atoms with van der Waals surface area (Å²) in [6.45, 7) is 0.590. The molecule has 2 rings (SSSR count). The SMILES string of the molecule is CN(C)C(=O)CCn1cncc1C(N)c1ccccc1. The van der Waals surface area contributed by atoms with E-state index in [0.29, 0.717) is 13.0 Å². The molecule has 0 aliphatic heterocycles. The highest BCUT2D eigenvalue weighted by molar-refractivity contribution is 5.75. The summed E-state index contributed by atoms with van der Waals surface area (Å²) in [6.07, 6.45) is 3.93. The van der Waals surface area contributed by atoms with E-state index >= 15 is 0 Å². The number of aryl methyl sites for hydroxylation is 1. The van der Waals surface area contributed by atoms with Crippen molar-refractivity contribution in [2.45, 2.75) is 19.0 Å². The van der Waals surface area contributed by atoms with Crippen LogP contribution in [0.25, 0.3) is 0 Å². The van der Waals surface area contributed by atoms with Crippen molar-refractivity contribution in [2.24, 2.45) is 5.73 Å². The third kappa shape index (κ3) is 3.24. The first-order valence-corrected chi connectivity index (χ1v) is 6.60. The van der Waals surface area contributed by atoms with E-state index in [1.807, 2.05) is 34.9 Å². The van der Waals surface area contributed by atoms with Crippen LogP contribution in [0, 0.1) is 0 Å². The van der Waals surface area contributed by atoms with Gasteiger partial charge < -0.3 is 15.2 Å². The lowest BCUT2D eigenvalue weighted by atomic mass is 10.1. The normalized spacial score (nSPS) is 12.2. The van der Waals surface area contributed by atoms with Gasteiger partial charge in [-0.2, -0.15) is 0 Å². The molecule has 2 aromatic rings. The second kappa shape index (κ2) is 6.34. The van der Waals surface area contributed by atoms with Crippen LogP contribution in [0.4, 0.5) is 0 Å². The molecule has 1 aromatic carbocycles. The maximum Gasteiger partial charge on any atom is 0.223 e. The van der Waals surface area contributed by atoms with Crippen LogP contribution < -0.4 is 5.73 Å². The number of nitrogens with two attached hydrogens (primary N) is 1. The smallest absolute Gasteiger partial charge is 0.223 e. The minimum absolute atomic E-state index is 0.0953. The van der Waals surface area contributed by atoms with Crippen molar-refractivity contribution in [1.29, 1.82) is 0 Å². The fraction of sp³-hybridized carbons (Fsp3) is 0.333. The number of benzene rings is 1. The van der Waals surface area contributed by atoms with Gasteiger partial charge in [0.2, 0.25) is 5.91 Å². The summed E-state index contributed by atoms with van der Waals surface area (Å²) in [4.78, 5) is 17.4. The molecule has 1 unspecified atom stereocenters. The van der Waals surface area contributed by atoms with Crippen molar-refractivity contribution in [1.82, 2.24) is 14.5 Å². The fourth-order valence-corrected chi connectivity index (χ4v) is 2.05. The molecule has 0 spiro atoms. The predicted molar refractivity (Wildman–Crippen MR) is 78.0 cm³/mol. The highest BCUT2D eigenvalue weighted by Crippen LogP contribution is 2.19. The summed E-state index contributed by atoms with van der Waals surface area (Å²) in [5.41, 5.74) is 8.23. The quantitative estimate of drug-likeness (QED) is 0.895. The monoisotopic (exact) mass is 272 g/mol.